The van der Waals surface area contributed by atoms with E-state index in [-0.39, 0.29) is 6.42 Å². The van der Waals surface area contributed by atoms with Crippen LogP contribution < -0.4 is 64.6 Å². The van der Waals surface area contributed by atoms with Gasteiger partial charge >= 0.3 is 0 Å². The third-order valence-electron chi connectivity index (χ3n) is 9.49. The first kappa shape index (κ1) is 61.0. The third-order valence-corrected chi connectivity index (χ3v) is 9.49. The van der Waals surface area contributed by atoms with Gasteiger partial charge in [-0.1, -0.05) is 30.3 Å². The predicted octanol–water partition coefficient (Wildman–Crippen LogP) is -14.5. The first-order valence-corrected chi connectivity index (χ1v) is 20.8. The molecule has 11 amide bonds. The summed E-state index contributed by atoms with van der Waals surface area (Å²) >= 11 is 0. The molecular weight excluding hydrogens is 944 g/mol. The first-order valence-electron chi connectivity index (χ1n) is 20.8. The van der Waals surface area contributed by atoms with E-state index in [1.165, 1.54) is 0 Å². The van der Waals surface area contributed by atoms with Crippen LogP contribution in [0.4, 0.5) is 0 Å². The van der Waals surface area contributed by atoms with Crippen molar-refractivity contribution < 1.29 is 98.7 Å². The van der Waals surface area contributed by atoms with Crippen LogP contribution in [-0.4, -0.2) is 237 Å². The van der Waals surface area contributed by atoms with E-state index in [4.69, 9.17) is 11.5 Å². The molecule has 1 rings (SSSR count). The van der Waals surface area contributed by atoms with Crippen LogP contribution >= 0.6 is 0 Å². The topological polar surface area (TPSA) is 542 Å². The van der Waals surface area contributed by atoms with Gasteiger partial charge in [0.15, 0.2) is 0 Å². The minimum Gasteiger partial charge on any atom is -0.394 e. The van der Waals surface area contributed by atoms with E-state index in [9.17, 15) is 98.7 Å². The zero-order chi connectivity index (χ0) is 53.1. The second-order valence-electron chi connectivity index (χ2n) is 14.6. The van der Waals surface area contributed by atoms with Gasteiger partial charge in [0.25, 0.3) is 0 Å². The lowest BCUT2D eigenvalue weighted by Crippen LogP contribution is -2.63. The lowest BCUT2D eigenvalue weighted by atomic mass is 10.0. The molecule has 0 aromatic heterocycles. The molecule has 392 valence electrons. The van der Waals surface area contributed by atoms with Crippen molar-refractivity contribution in [1.82, 2.24) is 53.2 Å². The highest BCUT2D eigenvalue weighted by atomic mass is 16.3. The van der Waals surface area contributed by atoms with Crippen molar-refractivity contribution in [3.8, 4) is 0 Å². The Bertz CT molecular complexity index is 1950. The van der Waals surface area contributed by atoms with Crippen molar-refractivity contribution >= 4 is 65.0 Å². The van der Waals surface area contributed by atoms with Gasteiger partial charge in [-0.25, -0.2) is 0 Å². The number of hydrogen-bond acceptors (Lipinski definition) is 21. The maximum Gasteiger partial charge on any atom is 0.245 e. The molecule has 1 aromatic rings. The van der Waals surface area contributed by atoms with Crippen LogP contribution in [-0.2, 0) is 59.2 Å². The molecule has 0 radical (unpaired) electrons. The van der Waals surface area contributed by atoms with Gasteiger partial charge in [-0.05, 0) is 5.56 Å². The van der Waals surface area contributed by atoms with Gasteiger partial charge in [0.05, 0.1) is 66.0 Å². The van der Waals surface area contributed by atoms with Gasteiger partial charge in [-0.15, -0.1) is 0 Å². The smallest absolute Gasteiger partial charge is 0.245 e. The number of benzene rings is 1. The lowest BCUT2D eigenvalue weighted by molar-refractivity contribution is -0.138. The number of amides is 11. The van der Waals surface area contributed by atoms with Crippen LogP contribution in [0.2, 0.25) is 0 Å². The normalized spacial score (nSPS) is 15.2. The van der Waals surface area contributed by atoms with Gasteiger partial charge in [-0.2, -0.15) is 0 Å². The van der Waals surface area contributed by atoms with Crippen LogP contribution in [0, 0.1) is 0 Å². The largest absolute Gasteiger partial charge is 0.394 e. The molecular formula is C38H60N12O20. The Kier molecular flexibility index (Phi) is 27.8. The standard InChI is InChI=1S/C38H60N12O20/c39-7-28(60)41-19(8-51)30(62)43-21(10-53)32(64)45-23(12-55)34(66)47-25(14-57)36(68)49-27(16-59)38(70)50-26(15-58)37(69)48-24(13-56)35(67)46-22(11-54)33(65)44-20(9-52)31(63)42-18(29(40)61)6-17-4-2-1-3-5-17/h1-5,18-27,51-59H,6-16,39H2,(H2,40,61)(H,41,60)(H,42,63)(H,43,62)(H,44,65)(H,45,64)(H,46,67)(H,47,66)(H,48,69)(H,49,68)(H,50,70)/t18-,19-,20-,21-,22-,23-,24-,25-,26-,27-/m0/s1. The molecule has 0 aliphatic rings. The average molecular weight is 1000 g/mol. The first-order chi connectivity index (χ1) is 33.2. The summed E-state index contributed by atoms with van der Waals surface area (Å²) in [6.45, 7) is -10.9. The van der Waals surface area contributed by atoms with E-state index in [1.54, 1.807) is 30.3 Å². The van der Waals surface area contributed by atoms with Gasteiger partial charge in [0.1, 0.15) is 60.4 Å². The van der Waals surface area contributed by atoms with E-state index >= 15 is 0 Å². The number of primary amides is 1. The van der Waals surface area contributed by atoms with Gasteiger partial charge < -0.3 is 111 Å². The summed E-state index contributed by atoms with van der Waals surface area (Å²) in [4.78, 5) is 139. The van der Waals surface area contributed by atoms with Gasteiger partial charge in [-0.3, -0.25) is 52.7 Å². The van der Waals surface area contributed by atoms with Crippen molar-refractivity contribution in [1.29, 1.82) is 0 Å². The van der Waals surface area contributed by atoms with Crippen molar-refractivity contribution in [2.45, 2.75) is 66.8 Å². The minimum absolute atomic E-state index is 0.0551. The number of hydrogen-bond donors (Lipinski definition) is 21. The Labute approximate surface area is 396 Å². The molecule has 32 nitrogen and oxygen atoms in total. The monoisotopic (exact) mass is 1000 g/mol. The second kappa shape index (κ2) is 31.9. The Hall–Kier alpha value is -7.01. The molecule has 1 aromatic carbocycles. The van der Waals surface area contributed by atoms with Crippen LogP contribution in [0.25, 0.3) is 0 Å². The van der Waals surface area contributed by atoms with Crippen LogP contribution in [0.1, 0.15) is 5.56 Å². The molecule has 0 unspecified atom stereocenters. The lowest BCUT2D eigenvalue weighted by Gasteiger charge is -2.26. The van der Waals surface area contributed by atoms with Crippen LogP contribution in [0.5, 0.6) is 0 Å². The van der Waals surface area contributed by atoms with Crippen molar-refractivity contribution in [2.24, 2.45) is 11.5 Å². The molecule has 70 heavy (non-hydrogen) atoms. The molecule has 0 fully saturated rings. The molecule has 0 aliphatic heterocycles. The number of carbonyl (C=O) groups excluding carboxylic acids is 11. The van der Waals surface area contributed by atoms with E-state index in [2.05, 4.69) is 10.6 Å². The van der Waals surface area contributed by atoms with E-state index in [0.29, 0.717) is 5.56 Å². The number of aliphatic hydroxyl groups is 9. The van der Waals surface area contributed by atoms with Crippen LogP contribution in [0.3, 0.4) is 0 Å². The molecule has 0 spiro atoms. The Morgan fingerprint density at radius 2 is 0.543 bits per heavy atom. The Morgan fingerprint density at radius 3 is 0.729 bits per heavy atom. The summed E-state index contributed by atoms with van der Waals surface area (Å²) in [5.41, 5.74) is 11.1. The van der Waals surface area contributed by atoms with Crippen molar-refractivity contribution in [2.75, 3.05) is 66.0 Å². The van der Waals surface area contributed by atoms with Crippen LogP contribution in [0.15, 0.2) is 30.3 Å². The van der Waals surface area contributed by atoms with E-state index < -0.39 is 191 Å². The second-order valence-corrected chi connectivity index (χ2v) is 14.6. The molecule has 23 N–H and O–H groups in total. The quantitative estimate of drug-likeness (QED) is 0.0319. The number of carbonyl (C=O) groups is 11. The molecule has 0 saturated heterocycles. The molecule has 10 atom stereocenters. The summed E-state index contributed by atoms with van der Waals surface area (Å²) in [5.74, 6) is -13.5. The maximum atomic E-state index is 13.0. The maximum absolute atomic E-state index is 13.0. The van der Waals surface area contributed by atoms with Crippen molar-refractivity contribution in [3.63, 3.8) is 0 Å². The highest BCUT2D eigenvalue weighted by molar-refractivity contribution is 5.99. The molecule has 0 saturated carbocycles. The SMILES string of the molecule is NCC(=O)N[C@@H](CO)C(=O)N[C@@H](CO)C(=O)N[C@@H](CO)C(=O)N[C@@H](CO)C(=O)N[C@@H](CO)C(=O)N[C@@H](CO)C(=O)N[C@@H](CO)C(=O)N[C@@H](CO)C(=O)N[C@@H](CO)C(=O)N[C@@H](Cc1ccccc1)C(N)=O. The number of rotatable bonds is 32. The van der Waals surface area contributed by atoms with Crippen molar-refractivity contribution in [3.05, 3.63) is 35.9 Å². The summed E-state index contributed by atoms with van der Waals surface area (Å²) in [5, 5.41) is 108. The summed E-state index contributed by atoms with van der Waals surface area (Å²) < 4.78 is 0. The highest BCUT2D eigenvalue weighted by Gasteiger charge is 2.35. The predicted molar refractivity (Wildman–Crippen MR) is 231 cm³/mol. The fraction of sp³-hybridized carbons (Fsp3) is 0.553. The number of nitrogens with two attached hydrogens (primary N) is 2. The average Bonchev–Trinajstić information content (AvgIpc) is 3.35. The third kappa shape index (κ3) is 19.9. The zero-order valence-electron chi connectivity index (χ0n) is 37.1. The fourth-order valence-electron chi connectivity index (χ4n) is 5.52. The molecule has 0 heterocycles. The van der Waals surface area contributed by atoms with Gasteiger partial charge in [0, 0.05) is 6.42 Å². The molecule has 32 heteroatoms. The van der Waals surface area contributed by atoms with Gasteiger partial charge in [0.2, 0.25) is 65.0 Å². The minimum atomic E-state index is -2.00. The fourth-order valence-corrected chi connectivity index (χ4v) is 5.52. The van der Waals surface area contributed by atoms with E-state index in [0.717, 1.165) is 0 Å². The van der Waals surface area contributed by atoms with E-state index in [1.807, 2.05) is 42.5 Å². The molecule has 0 aliphatic carbocycles. The summed E-state index contributed by atoms with van der Waals surface area (Å²) in [6.07, 6.45) is -0.0551. The summed E-state index contributed by atoms with van der Waals surface area (Å²) in [7, 11) is 0. The Balaban J connectivity index is 2.92. The highest BCUT2D eigenvalue weighted by Crippen LogP contribution is 2.04. The number of aliphatic hydroxyl groups excluding tert-OH is 9. The summed E-state index contributed by atoms with van der Waals surface area (Å²) in [6, 6.07) is -9.94. The Morgan fingerprint density at radius 1 is 0.343 bits per heavy atom. The number of nitrogens with one attached hydrogen (secondary N) is 10. The zero-order valence-corrected chi connectivity index (χ0v) is 37.1. The molecule has 0 bridgehead atoms.